The quantitative estimate of drug-likeness (QED) is 0.414. The second-order valence-corrected chi connectivity index (χ2v) is 8.76. The molecule has 3 rings (SSSR count). The van der Waals surface area contributed by atoms with Gasteiger partial charge in [0.25, 0.3) is 0 Å². The molecule has 2 heterocycles. The number of anilines is 1. The van der Waals surface area contributed by atoms with Gasteiger partial charge in [0.1, 0.15) is 0 Å². The Hall–Kier alpha value is -2.91. The summed E-state index contributed by atoms with van der Waals surface area (Å²) in [6, 6.07) is 9.67. The monoisotopic (exact) mass is 473 g/mol. The second-order valence-electron chi connectivity index (χ2n) is 6.87. The fourth-order valence-electron chi connectivity index (χ4n) is 3.00. The van der Waals surface area contributed by atoms with E-state index in [0.717, 1.165) is 16.2 Å². The maximum atomic E-state index is 12.3. The molecule has 0 atom stereocenters. The van der Waals surface area contributed by atoms with Gasteiger partial charge in [0.05, 0.1) is 31.7 Å². The average Bonchev–Trinajstić information content (AvgIpc) is 3.42. The molecule has 2 N–H and O–H groups in total. The van der Waals surface area contributed by atoms with E-state index >= 15 is 0 Å². The van der Waals surface area contributed by atoms with Crippen molar-refractivity contribution in [2.24, 2.45) is 0 Å². The van der Waals surface area contributed by atoms with Crippen LogP contribution in [0.25, 0.3) is 0 Å². The van der Waals surface area contributed by atoms with Crippen LogP contribution in [0.2, 0.25) is 0 Å². The number of thiazole rings is 1. The number of carbonyl (C=O) groups is 2. The van der Waals surface area contributed by atoms with Crippen molar-refractivity contribution < 1.29 is 19.1 Å². The maximum absolute atomic E-state index is 12.3. The van der Waals surface area contributed by atoms with Crippen LogP contribution in [0, 0.1) is 0 Å². The van der Waals surface area contributed by atoms with E-state index in [1.54, 1.807) is 16.7 Å². The summed E-state index contributed by atoms with van der Waals surface area (Å²) in [6.07, 6.45) is 1.17. The van der Waals surface area contributed by atoms with Gasteiger partial charge < -0.3 is 20.1 Å². The number of thiophene rings is 1. The first-order valence-corrected chi connectivity index (χ1v) is 12.2. The first-order valence-electron chi connectivity index (χ1n) is 10.5. The number of aromatic nitrogens is 1. The normalized spacial score (nSPS) is 10.6. The van der Waals surface area contributed by atoms with E-state index in [2.05, 4.69) is 15.6 Å². The summed E-state index contributed by atoms with van der Waals surface area (Å²) in [5.41, 5.74) is 1.69. The minimum absolute atomic E-state index is 0.109. The Morgan fingerprint density at radius 3 is 2.56 bits per heavy atom. The van der Waals surface area contributed by atoms with Crippen LogP contribution in [0.15, 0.2) is 41.1 Å². The lowest BCUT2D eigenvalue weighted by molar-refractivity contribution is -0.120. The fraction of sp³-hybridized carbons (Fsp3) is 0.348. The molecule has 0 aliphatic heterocycles. The summed E-state index contributed by atoms with van der Waals surface area (Å²) < 4.78 is 11.2. The fourth-order valence-corrected chi connectivity index (χ4v) is 4.43. The summed E-state index contributed by atoms with van der Waals surface area (Å²) in [5, 5.41) is 9.95. The van der Waals surface area contributed by atoms with E-state index in [0.29, 0.717) is 49.2 Å². The molecule has 2 aromatic heterocycles. The summed E-state index contributed by atoms with van der Waals surface area (Å²) in [4.78, 5) is 29.7. The molecule has 2 amide bonds. The maximum Gasteiger partial charge on any atom is 0.231 e. The Bertz CT molecular complexity index is 1020. The smallest absolute Gasteiger partial charge is 0.231 e. The van der Waals surface area contributed by atoms with Gasteiger partial charge in [-0.05, 0) is 49.4 Å². The van der Waals surface area contributed by atoms with Crippen molar-refractivity contribution in [3.05, 3.63) is 57.2 Å². The van der Waals surface area contributed by atoms with E-state index in [9.17, 15) is 9.59 Å². The molecule has 0 saturated heterocycles. The first kappa shape index (κ1) is 23.7. The highest BCUT2D eigenvalue weighted by molar-refractivity contribution is 7.14. The van der Waals surface area contributed by atoms with Crippen LogP contribution in [-0.2, 0) is 28.9 Å². The molecule has 9 heteroatoms. The van der Waals surface area contributed by atoms with Crippen LogP contribution >= 0.6 is 22.7 Å². The van der Waals surface area contributed by atoms with Crippen molar-refractivity contribution in [1.29, 1.82) is 0 Å². The third kappa shape index (κ3) is 7.35. The standard InChI is InChI=1S/C23H27N3O4S2/c1-3-29-19-8-7-16(12-20(19)30-4-2)9-10-24-21(27)13-17-15-32-23(25-17)26-22(28)14-18-6-5-11-31-18/h5-8,11-12,15H,3-4,9-10,13-14H2,1-2H3,(H,24,27)(H,25,26,28). The van der Waals surface area contributed by atoms with Crippen molar-refractivity contribution in [2.45, 2.75) is 33.1 Å². The van der Waals surface area contributed by atoms with E-state index < -0.39 is 0 Å². The van der Waals surface area contributed by atoms with Gasteiger partial charge in [-0.1, -0.05) is 12.1 Å². The van der Waals surface area contributed by atoms with Crippen LogP contribution in [0.1, 0.15) is 30.0 Å². The van der Waals surface area contributed by atoms with Gasteiger partial charge in [-0.2, -0.15) is 0 Å². The number of benzene rings is 1. The summed E-state index contributed by atoms with van der Waals surface area (Å²) >= 11 is 2.86. The molecular formula is C23H27N3O4S2. The van der Waals surface area contributed by atoms with Crippen LogP contribution in [-0.4, -0.2) is 36.6 Å². The minimum Gasteiger partial charge on any atom is -0.490 e. The Morgan fingerprint density at radius 2 is 1.81 bits per heavy atom. The molecule has 0 aliphatic rings. The summed E-state index contributed by atoms with van der Waals surface area (Å²) in [7, 11) is 0. The van der Waals surface area contributed by atoms with Gasteiger partial charge in [0.15, 0.2) is 16.6 Å². The summed E-state index contributed by atoms with van der Waals surface area (Å²) in [6.45, 7) is 5.51. The lowest BCUT2D eigenvalue weighted by atomic mass is 10.1. The Kier molecular flexibility index (Phi) is 9.06. The van der Waals surface area contributed by atoms with Crippen molar-refractivity contribution in [3.63, 3.8) is 0 Å². The highest BCUT2D eigenvalue weighted by atomic mass is 32.1. The number of ether oxygens (including phenoxy) is 2. The molecule has 1 aromatic carbocycles. The van der Waals surface area contributed by atoms with Gasteiger partial charge in [0, 0.05) is 16.8 Å². The van der Waals surface area contributed by atoms with E-state index in [1.165, 1.54) is 11.3 Å². The molecule has 0 unspecified atom stereocenters. The van der Waals surface area contributed by atoms with E-state index in [-0.39, 0.29) is 18.2 Å². The number of carbonyl (C=O) groups excluding carboxylic acids is 2. The Labute approximate surface area is 195 Å². The third-order valence-corrected chi connectivity index (χ3v) is 6.08. The van der Waals surface area contributed by atoms with Gasteiger partial charge in [-0.3, -0.25) is 9.59 Å². The third-order valence-electron chi connectivity index (χ3n) is 4.40. The number of amides is 2. The number of nitrogens with one attached hydrogen (secondary N) is 2. The van der Waals surface area contributed by atoms with Crippen molar-refractivity contribution in [1.82, 2.24) is 10.3 Å². The van der Waals surface area contributed by atoms with Crippen LogP contribution in [0.3, 0.4) is 0 Å². The predicted octanol–water partition coefficient (Wildman–Crippen LogP) is 4.08. The average molecular weight is 474 g/mol. The summed E-state index contributed by atoms with van der Waals surface area (Å²) in [5.74, 6) is 1.22. The van der Waals surface area contributed by atoms with Gasteiger partial charge in [0.2, 0.25) is 11.8 Å². The molecule has 0 aliphatic carbocycles. The molecule has 0 saturated carbocycles. The van der Waals surface area contributed by atoms with Crippen molar-refractivity contribution >= 4 is 39.6 Å². The van der Waals surface area contributed by atoms with E-state index in [1.807, 2.05) is 49.6 Å². The Balaban J connectivity index is 1.43. The molecule has 0 fully saturated rings. The zero-order valence-corrected chi connectivity index (χ0v) is 19.8. The number of nitrogens with zero attached hydrogens (tertiary/aromatic N) is 1. The van der Waals surface area contributed by atoms with Crippen molar-refractivity contribution in [2.75, 3.05) is 25.1 Å². The van der Waals surface area contributed by atoms with Gasteiger partial charge in [-0.15, -0.1) is 22.7 Å². The zero-order valence-electron chi connectivity index (χ0n) is 18.2. The predicted molar refractivity (Wildman–Crippen MR) is 128 cm³/mol. The molecule has 170 valence electrons. The lowest BCUT2D eigenvalue weighted by Gasteiger charge is -2.12. The topological polar surface area (TPSA) is 89.6 Å². The zero-order chi connectivity index (χ0) is 22.8. The van der Waals surface area contributed by atoms with Gasteiger partial charge >= 0.3 is 0 Å². The van der Waals surface area contributed by atoms with Gasteiger partial charge in [-0.25, -0.2) is 4.98 Å². The molecule has 0 radical (unpaired) electrons. The van der Waals surface area contributed by atoms with E-state index in [4.69, 9.17) is 9.47 Å². The van der Waals surface area contributed by atoms with Crippen LogP contribution in [0.4, 0.5) is 5.13 Å². The van der Waals surface area contributed by atoms with Crippen molar-refractivity contribution in [3.8, 4) is 11.5 Å². The van der Waals surface area contributed by atoms with Crippen LogP contribution < -0.4 is 20.1 Å². The minimum atomic E-state index is -0.112. The van der Waals surface area contributed by atoms with Crippen LogP contribution in [0.5, 0.6) is 11.5 Å². The SMILES string of the molecule is CCOc1ccc(CCNC(=O)Cc2csc(NC(=O)Cc3cccs3)n2)cc1OCC. The molecule has 32 heavy (non-hydrogen) atoms. The Morgan fingerprint density at radius 1 is 1.00 bits per heavy atom. The molecular weight excluding hydrogens is 446 g/mol. The molecule has 7 nitrogen and oxygen atoms in total. The highest BCUT2D eigenvalue weighted by Gasteiger charge is 2.11. The number of hydrogen-bond donors (Lipinski definition) is 2. The largest absolute Gasteiger partial charge is 0.490 e. The first-order chi connectivity index (χ1) is 15.6. The molecule has 3 aromatic rings. The second kappa shape index (κ2) is 12.2. The highest BCUT2D eigenvalue weighted by Crippen LogP contribution is 2.28. The molecule has 0 bridgehead atoms. The lowest BCUT2D eigenvalue weighted by Crippen LogP contribution is -2.27. The molecule has 0 spiro atoms. The number of hydrogen-bond acceptors (Lipinski definition) is 7. The number of rotatable bonds is 12.